The van der Waals surface area contributed by atoms with Crippen LogP contribution in [0.4, 0.5) is 0 Å². The van der Waals surface area contributed by atoms with Crippen LogP contribution in [0.25, 0.3) is 0 Å². The second-order valence-electron chi connectivity index (χ2n) is 3.47. The molecule has 3 N–H and O–H groups in total. The smallest absolute Gasteiger partial charge is 0.307 e. The van der Waals surface area contributed by atoms with Gasteiger partial charge in [0, 0.05) is 17.5 Å². The van der Waals surface area contributed by atoms with Crippen molar-refractivity contribution in [2.45, 2.75) is 30.9 Å². The third kappa shape index (κ3) is 3.71. The van der Waals surface area contributed by atoms with Gasteiger partial charge in [-0.05, 0) is 12.8 Å². The Hall–Kier alpha value is 0.130. The summed E-state index contributed by atoms with van der Waals surface area (Å²) in [4.78, 5) is 11.0. The van der Waals surface area contributed by atoms with E-state index in [4.69, 9.17) is 10.8 Å². The standard InChI is InChI=1S/C9H17NO2S2/c10-5-6-13-14-8-4-2-1-3-7(8)9(11)12/h7-8H,1-6,10H2,(H,11,12)/t7-,8-/m1/s1. The van der Waals surface area contributed by atoms with E-state index in [0.717, 1.165) is 25.0 Å². The molecule has 1 aliphatic carbocycles. The normalized spacial score (nSPS) is 27.5. The van der Waals surface area contributed by atoms with Gasteiger partial charge in [0.25, 0.3) is 0 Å². The van der Waals surface area contributed by atoms with Crippen LogP contribution in [0.3, 0.4) is 0 Å². The fourth-order valence-corrected chi connectivity index (χ4v) is 4.49. The highest BCUT2D eigenvalue weighted by Crippen LogP contribution is 2.39. The maximum atomic E-state index is 11.0. The second-order valence-corrected chi connectivity index (χ2v) is 6.20. The first-order valence-electron chi connectivity index (χ1n) is 4.97. The van der Waals surface area contributed by atoms with E-state index in [0.29, 0.717) is 6.54 Å². The molecule has 0 heterocycles. The predicted octanol–water partition coefficient (Wildman–Crippen LogP) is 1.97. The minimum absolute atomic E-state index is 0.140. The Balaban J connectivity index is 2.34. The third-order valence-corrected chi connectivity index (χ3v) is 5.41. The summed E-state index contributed by atoms with van der Waals surface area (Å²) < 4.78 is 0. The number of carboxylic acid groups (broad SMARTS) is 1. The summed E-state index contributed by atoms with van der Waals surface area (Å²) in [5.74, 6) is 0.141. The lowest BCUT2D eigenvalue weighted by Gasteiger charge is -2.27. The molecule has 1 aliphatic rings. The van der Waals surface area contributed by atoms with Crippen LogP contribution in [-0.4, -0.2) is 28.6 Å². The van der Waals surface area contributed by atoms with Gasteiger partial charge in [-0.3, -0.25) is 4.79 Å². The Kier molecular flexibility index (Phi) is 5.74. The molecule has 0 unspecified atom stereocenters. The molecular formula is C9H17NO2S2. The molecule has 1 rings (SSSR count). The molecule has 0 bridgehead atoms. The van der Waals surface area contributed by atoms with Gasteiger partial charge in [-0.25, -0.2) is 0 Å². The van der Waals surface area contributed by atoms with Crippen molar-refractivity contribution in [3.63, 3.8) is 0 Å². The van der Waals surface area contributed by atoms with Crippen LogP contribution in [-0.2, 0) is 4.79 Å². The first-order valence-corrected chi connectivity index (χ1v) is 7.35. The lowest BCUT2D eigenvalue weighted by Crippen LogP contribution is -2.28. The van der Waals surface area contributed by atoms with Gasteiger partial charge in [-0.2, -0.15) is 0 Å². The first kappa shape index (κ1) is 12.2. The van der Waals surface area contributed by atoms with Crippen LogP contribution in [0.5, 0.6) is 0 Å². The van der Waals surface area contributed by atoms with Crippen molar-refractivity contribution in [2.75, 3.05) is 12.3 Å². The zero-order valence-electron chi connectivity index (χ0n) is 8.15. The Morgan fingerprint density at radius 2 is 2.14 bits per heavy atom. The van der Waals surface area contributed by atoms with E-state index >= 15 is 0 Å². The summed E-state index contributed by atoms with van der Waals surface area (Å²) in [6.45, 7) is 0.669. The van der Waals surface area contributed by atoms with E-state index in [1.54, 1.807) is 21.6 Å². The molecule has 82 valence electrons. The quantitative estimate of drug-likeness (QED) is 0.563. The molecule has 14 heavy (non-hydrogen) atoms. The molecule has 0 saturated heterocycles. The summed E-state index contributed by atoms with van der Waals surface area (Å²) in [5.41, 5.74) is 5.39. The van der Waals surface area contributed by atoms with Crippen LogP contribution < -0.4 is 5.73 Å². The molecule has 0 spiro atoms. The van der Waals surface area contributed by atoms with Crippen molar-refractivity contribution in [2.24, 2.45) is 11.7 Å². The molecule has 0 aromatic heterocycles. The van der Waals surface area contributed by atoms with Gasteiger partial charge >= 0.3 is 5.97 Å². The van der Waals surface area contributed by atoms with Gasteiger partial charge in [0.2, 0.25) is 0 Å². The van der Waals surface area contributed by atoms with Gasteiger partial charge < -0.3 is 10.8 Å². The average Bonchev–Trinajstić information content (AvgIpc) is 2.19. The van der Waals surface area contributed by atoms with Crippen molar-refractivity contribution in [1.29, 1.82) is 0 Å². The zero-order chi connectivity index (χ0) is 10.4. The van der Waals surface area contributed by atoms with Gasteiger partial charge in [-0.1, -0.05) is 34.4 Å². The summed E-state index contributed by atoms with van der Waals surface area (Å²) >= 11 is 0. The molecule has 0 radical (unpaired) electrons. The lowest BCUT2D eigenvalue weighted by atomic mass is 9.89. The molecule has 0 amide bonds. The molecule has 5 heteroatoms. The van der Waals surface area contributed by atoms with Crippen LogP contribution in [0.1, 0.15) is 25.7 Å². The predicted molar refractivity (Wildman–Crippen MR) is 62.5 cm³/mol. The fraction of sp³-hybridized carbons (Fsp3) is 0.889. The first-order chi connectivity index (χ1) is 6.75. The van der Waals surface area contributed by atoms with E-state index in [-0.39, 0.29) is 11.2 Å². The Morgan fingerprint density at radius 3 is 2.79 bits per heavy atom. The van der Waals surface area contributed by atoms with Crippen LogP contribution in [0.2, 0.25) is 0 Å². The summed E-state index contributed by atoms with van der Waals surface area (Å²) in [7, 11) is 3.42. The van der Waals surface area contributed by atoms with Crippen LogP contribution >= 0.6 is 21.6 Å². The number of hydrogen-bond acceptors (Lipinski definition) is 4. The monoisotopic (exact) mass is 235 g/mol. The number of carboxylic acids is 1. The van der Waals surface area contributed by atoms with Crippen LogP contribution in [0, 0.1) is 5.92 Å². The van der Waals surface area contributed by atoms with Crippen molar-refractivity contribution in [3.8, 4) is 0 Å². The molecule has 1 saturated carbocycles. The van der Waals surface area contributed by atoms with Crippen molar-refractivity contribution >= 4 is 27.6 Å². The van der Waals surface area contributed by atoms with Crippen LogP contribution in [0.15, 0.2) is 0 Å². The molecule has 0 aromatic carbocycles. The maximum absolute atomic E-state index is 11.0. The number of hydrogen-bond donors (Lipinski definition) is 2. The van der Waals surface area contributed by atoms with Gasteiger partial charge in [0.15, 0.2) is 0 Å². The number of aliphatic carboxylic acids is 1. The van der Waals surface area contributed by atoms with Crippen molar-refractivity contribution in [1.82, 2.24) is 0 Å². The van der Waals surface area contributed by atoms with Gasteiger partial charge in [-0.15, -0.1) is 0 Å². The molecule has 1 fully saturated rings. The highest BCUT2D eigenvalue weighted by atomic mass is 33.1. The molecule has 0 aromatic rings. The van der Waals surface area contributed by atoms with E-state index < -0.39 is 5.97 Å². The van der Waals surface area contributed by atoms with E-state index in [1.807, 2.05) is 0 Å². The van der Waals surface area contributed by atoms with E-state index in [9.17, 15) is 4.79 Å². The highest BCUT2D eigenvalue weighted by molar-refractivity contribution is 8.76. The van der Waals surface area contributed by atoms with Crippen molar-refractivity contribution < 1.29 is 9.90 Å². The lowest BCUT2D eigenvalue weighted by molar-refractivity contribution is -0.142. The SMILES string of the molecule is NCCSS[C@@H]1CCCC[C@H]1C(=O)O. The number of rotatable bonds is 5. The highest BCUT2D eigenvalue weighted by Gasteiger charge is 2.31. The Bertz CT molecular complexity index is 190. The summed E-state index contributed by atoms with van der Waals surface area (Å²) in [5, 5.41) is 9.31. The minimum Gasteiger partial charge on any atom is -0.481 e. The number of nitrogens with two attached hydrogens (primary N) is 1. The largest absolute Gasteiger partial charge is 0.481 e. The molecule has 2 atom stereocenters. The Morgan fingerprint density at radius 1 is 1.43 bits per heavy atom. The summed E-state index contributed by atoms with van der Waals surface area (Å²) in [6, 6.07) is 0. The topological polar surface area (TPSA) is 63.3 Å². The second kappa shape index (κ2) is 6.58. The third-order valence-electron chi connectivity index (χ3n) is 2.41. The average molecular weight is 235 g/mol. The fourth-order valence-electron chi connectivity index (χ4n) is 1.68. The molecular weight excluding hydrogens is 218 g/mol. The zero-order valence-corrected chi connectivity index (χ0v) is 9.78. The van der Waals surface area contributed by atoms with Crippen molar-refractivity contribution in [3.05, 3.63) is 0 Å². The minimum atomic E-state index is -0.629. The van der Waals surface area contributed by atoms with E-state index in [2.05, 4.69) is 0 Å². The number of carbonyl (C=O) groups is 1. The molecule has 3 nitrogen and oxygen atoms in total. The summed E-state index contributed by atoms with van der Waals surface area (Å²) in [6.07, 6.45) is 4.12. The van der Waals surface area contributed by atoms with Gasteiger partial charge in [0.1, 0.15) is 0 Å². The van der Waals surface area contributed by atoms with E-state index in [1.165, 1.54) is 6.42 Å². The van der Waals surface area contributed by atoms with Gasteiger partial charge in [0.05, 0.1) is 5.92 Å². The maximum Gasteiger partial charge on any atom is 0.307 e. The molecule has 0 aliphatic heterocycles. The Labute approximate surface area is 92.6 Å².